The molecule has 0 unspecified atom stereocenters. The summed E-state index contributed by atoms with van der Waals surface area (Å²) in [5.41, 5.74) is 5.25. The first-order chi connectivity index (χ1) is 9.77. The zero-order chi connectivity index (χ0) is 16.4. The largest absolute Gasteiger partial charge is 0.480 e. The lowest BCUT2D eigenvalue weighted by Crippen LogP contribution is -2.49. The molecule has 0 aliphatic rings. The number of rotatable bonds is 10. The van der Waals surface area contributed by atoms with E-state index in [0.717, 1.165) is 10.8 Å². The van der Waals surface area contributed by atoms with E-state index in [1.165, 1.54) is 0 Å². The average Bonchev–Trinajstić information content (AvgIpc) is 2.41. The summed E-state index contributed by atoms with van der Waals surface area (Å²) in [5.74, 6) is -3.60. The van der Waals surface area contributed by atoms with Crippen molar-refractivity contribution in [3.8, 4) is 0 Å². The number of nitrogens with two attached hydrogens (primary N) is 1. The molecule has 0 saturated carbocycles. The van der Waals surface area contributed by atoms with Crippen molar-refractivity contribution in [3.05, 3.63) is 0 Å². The number of carboxylic acid groups (broad SMARTS) is 2. The molecule has 0 bridgehead atoms. The van der Waals surface area contributed by atoms with Crippen LogP contribution in [0.2, 0.25) is 0 Å². The Labute approximate surface area is 129 Å². The van der Waals surface area contributed by atoms with Crippen molar-refractivity contribution in [1.29, 1.82) is 0 Å². The van der Waals surface area contributed by atoms with Gasteiger partial charge in [-0.05, 0) is 18.1 Å². The molecule has 119 valence electrons. The summed E-state index contributed by atoms with van der Waals surface area (Å²) in [6.45, 7) is -0.572. The van der Waals surface area contributed by atoms with Crippen LogP contribution in [0, 0.1) is 0 Å². The summed E-state index contributed by atoms with van der Waals surface area (Å²) in [5, 5.41) is 21.5. The molecule has 6 N–H and O–H groups in total. The minimum atomic E-state index is -1.22. The first kappa shape index (κ1) is 19.5. The van der Waals surface area contributed by atoms with Crippen LogP contribution in [0.3, 0.4) is 0 Å². The van der Waals surface area contributed by atoms with Crippen LogP contribution in [0.1, 0.15) is 12.8 Å². The number of carbonyl (C=O) groups excluding carboxylic acids is 2. The average molecular weight is 338 g/mol. The predicted molar refractivity (Wildman–Crippen MR) is 77.5 cm³/mol. The molecule has 1 radical (unpaired) electrons. The normalized spacial score (nSPS) is 13.0. The molecule has 2 amide bonds. The Bertz CT molecular complexity index is 406. The van der Waals surface area contributed by atoms with Crippen LogP contribution in [0.25, 0.3) is 0 Å². The fraction of sp³-hybridized carbons (Fsp3) is 0.600. The number of carboxylic acids is 2. The minimum absolute atomic E-state index is 0.0777. The topological polar surface area (TPSA) is 159 Å². The lowest BCUT2D eigenvalue weighted by atomic mass is 10.1. The third kappa shape index (κ3) is 9.15. The maximum absolute atomic E-state index is 11.7. The highest BCUT2D eigenvalue weighted by atomic mass is 33.1. The molecule has 0 aromatic heterocycles. The monoisotopic (exact) mass is 338 g/mol. The highest BCUT2D eigenvalue weighted by molar-refractivity contribution is 8.68. The van der Waals surface area contributed by atoms with Crippen molar-refractivity contribution >= 4 is 46.2 Å². The summed E-state index contributed by atoms with van der Waals surface area (Å²) < 4.78 is 0. The Morgan fingerprint density at radius 3 is 2.33 bits per heavy atom. The van der Waals surface area contributed by atoms with E-state index in [-0.39, 0.29) is 18.6 Å². The number of carbonyl (C=O) groups is 4. The lowest BCUT2D eigenvalue weighted by molar-refractivity contribution is -0.139. The van der Waals surface area contributed by atoms with Crippen molar-refractivity contribution in [2.24, 2.45) is 5.73 Å². The zero-order valence-electron chi connectivity index (χ0n) is 10.9. The van der Waals surface area contributed by atoms with Gasteiger partial charge in [-0.1, -0.05) is 10.8 Å². The molecular formula is C10H16N3O6S2. The van der Waals surface area contributed by atoms with Crippen LogP contribution in [-0.4, -0.2) is 58.3 Å². The van der Waals surface area contributed by atoms with E-state index < -0.39 is 42.4 Å². The van der Waals surface area contributed by atoms with Gasteiger partial charge in [-0.25, -0.2) is 0 Å². The molecule has 0 aliphatic carbocycles. The molecular weight excluding hydrogens is 322 g/mol. The SMILES string of the molecule is N[C@@H](CCC(=O)N[C@@H](CS[S])C(=O)NCC(=O)O)C(=O)O. The van der Waals surface area contributed by atoms with Gasteiger partial charge in [0.05, 0.1) is 0 Å². The zero-order valence-corrected chi connectivity index (χ0v) is 12.5. The van der Waals surface area contributed by atoms with Gasteiger partial charge in [-0.3, -0.25) is 19.2 Å². The summed E-state index contributed by atoms with van der Waals surface area (Å²) in [6.07, 6.45) is -0.246. The van der Waals surface area contributed by atoms with Gasteiger partial charge < -0.3 is 26.6 Å². The number of hydrogen-bond acceptors (Lipinski definition) is 6. The number of aliphatic carboxylic acids is 2. The minimum Gasteiger partial charge on any atom is -0.480 e. The maximum atomic E-state index is 11.7. The highest BCUT2D eigenvalue weighted by Crippen LogP contribution is 2.07. The Hall–Kier alpha value is -1.46. The van der Waals surface area contributed by atoms with E-state index in [0.29, 0.717) is 0 Å². The molecule has 0 rings (SSSR count). The Kier molecular flexibility index (Phi) is 9.58. The Morgan fingerprint density at radius 2 is 1.86 bits per heavy atom. The van der Waals surface area contributed by atoms with Crippen molar-refractivity contribution in [2.75, 3.05) is 12.3 Å². The maximum Gasteiger partial charge on any atom is 0.322 e. The van der Waals surface area contributed by atoms with E-state index in [2.05, 4.69) is 22.3 Å². The molecule has 11 heteroatoms. The third-order valence-corrected chi connectivity index (χ3v) is 3.18. The van der Waals surface area contributed by atoms with Crippen LogP contribution in [0.15, 0.2) is 0 Å². The van der Waals surface area contributed by atoms with E-state index in [1.807, 2.05) is 0 Å². The summed E-state index contributed by atoms with van der Waals surface area (Å²) in [7, 11) is 0.885. The van der Waals surface area contributed by atoms with Crippen molar-refractivity contribution in [1.82, 2.24) is 10.6 Å². The molecule has 0 saturated heterocycles. The third-order valence-electron chi connectivity index (χ3n) is 2.30. The molecule has 0 fully saturated rings. The van der Waals surface area contributed by atoms with E-state index in [9.17, 15) is 19.2 Å². The van der Waals surface area contributed by atoms with Gasteiger partial charge in [0, 0.05) is 12.2 Å². The van der Waals surface area contributed by atoms with Gasteiger partial charge in [-0.15, -0.1) is 0 Å². The van der Waals surface area contributed by atoms with Gasteiger partial charge >= 0.3 is 11.9 Å². The molecule has 0 heterocycles. The second kappa shape index (κ2) is 10.3. The summed E-state index contributed by atoms with van der Waals surface area (Å²) in [6, 6.07) is -2.15. The first-order valence-electron chi connectivity index (χ1n) is 5.80. The van der Waals surface area contributed by atoms with Gasteiger partial charge in [0.25, 0.3) is 0 Å². The summed E-state index contributed by atoms with van der Waals surface area (Å²) >= 11 is 4.65. The lowest BCUT2D eigenvalue weighted by Gasteiger charge is -2.16. The molecule has 9 nitrogen and oxygen atoms in total. The van der Waals surface area contributed by atoms with E-state index in [4.69, 9.17) is 15.9 Å². The molecule has 0 aromatic rings. The molecule has 0 spiro atoms. The Morgan fingerprint density at radius 1 is 1.24 bits per heavy atom. The standard InChI is InChI=1S/C10H16N3O6S2/c11-5(10(18)19)1-2-7(14)13-6(4-21-20)9(17)12-3-8(15)16/h5-6H,1-4,11H2,(H,12,17)(H,13,14)(H,15,16)(H,18,19)/t5-,6-/m0/s1. The van der Waals surface area contributed by atoms with Gasteiger partial charge in [0.15, 0.2) is 0 Å². The van der Waals surface area contributed by atoms with Gasteiger partial charge in [-0.2, -0.15) is 0 Å². The van der Waals surface area contributed by atoms with Crippen LogP contribution in [0.5, 0.6) is 0 Å². The molecule has 21 heavy (non-hydrogen) atoms. The first-order valence-corrected chi connectivity index (χ1v) is 7.71. The number of nitrogens with one attached hydrogen (secondary N) is 2. The van der Waals surface area contributed by atoms with Gasteiger partial charge in [0.1, 0.15) is 18.6 Å². The second-order valence-corrected chi connectivity index (χ2v) is 5.28. The Balaban J connectivity index is 4.35. The van der Waals surface area contributed by atoms with Gasteiger partial charge in [0.2, 0.25) is 11.8 Å². The van der Waals surface area contributed by atoms with Crippen LogP contribution < -0.4 is 16.4 Å². The summed E-state index contributed by atoms with van der Waals surface area (Å²) in [4.78, 5) is 44.1. The van der Waals surface area contributed by atoms with E-state index >= 15 is 0 Å². The number of hydrogen-bond donors (Lipinski definition) is 5. The number of amides is 2. The van der Waals surface area contributed by atoms with E-state index in [1.54, 1.807) is 0 Å². The fourth-order valence-corrected chi connectivity index (χ4v) is 1.99. The van der Waals surface area contributed by atoms with Crippen molar-refractivity contribution in [3.63, 3.8) is 0 Å². The van der Waals surface area contributed by atoms with Crippen molar-refractivity contribution in [2.45, 2.75) is 24.9 Å². The smallest absolute Gasteiger partial charge is 0.322 e. The second-order valence-electron chi connectivity index (χ2n) is 4.00. The predicted octanol–water partition coefficient (Wildman–Crippen LogP) is -1.29. The molecule has 2 atom stereocenters. The fourth-order valence-electron chi connectivity index (χ4n) is 1.21. The molecule has 0 aromatic carbocycles. The van der Waals surface area contributed by atoms with Crippen molar-refractivity contribution < 1.29 is 29.4 Å². The molecule has 0 aliphatic heterocycles. The van der Waals surface area contributed by atoms with Crippen LogP contribution >= 0.6 is 22.5 Å². The highest BCUT2D eigenvalue weighted by Gasteiger charge is 2.22. The van der Waals surface area contributed by atoms with Crippen LogP contribution in [-0.2, 0) is 19.2 Å². The quantitative estimate of drug-likeness (QED) is 0.308. The van der Waals surface area contributed by atoms with Crippen LogP contribution in [0.4, 0.5) is 0 Å².